The molecule has 31 heteroatoms. The quantitative estimate of drug-likeness (QED) is 0.0207. The number of thiophene rings is 4. The van der Waals surface area contributed by atoms with Crippen molar-refractivity contribution < 1.29 is 76.8 Å². The molecule has 1 unspecified atom stereocenters. The lowest BCUT2D eigenvalue weighted by molar-refractivity contribution is 0.0513. The highest BCUT2D eigenvalue weighted by Crippen LogP contribution is 2.47. The van der Waals surface area contributed by atoms with E-state index >= 15 is 0 Å². The van der Waals surface area contributed by atoms with Crippen molar-refractivity contribution >= 4 is 128 Å². The van der Waals surface area contributed by atoms with Crippen LogP contribution in [0.2, 0.25) is 15.1 Å². The van der Waals surface area contributed by atoms with E-state index in [-0.39, 0.29) is 45.5 Å². The minimum atomic E-state index is -1.29. The number of alkyl halides is 2. The number of phenolic OH excluding ortho intramolecular Hbond substituents is 1. The van der Waals surface area contributed by atoms with Crippen LogP contribution in [0.25, 0.3) is 33.8 Å². The zero-order valence-corrected chi connectivity index (χ0v) is 62.7. The molecule has 2 atom stereocenters. The number of H-pyrrole nitrogens is 1. The summed E-state index contributed by atoms with van der Waals surface area (Å²) < 4.78 is 57.9. The number of aldehydes is 1. The molecule has 22 nitrogen and oxygen atoms in total. The molecular formula is C72H68Cl5N3O19S4. The van der Waals surface area contributed by atoms with Gasteiger partial charge in [-0.2, -0.15) is 0 Å². The van der Waals surface area contributed by atoms with E-state index in [0.29, 0.717) is 125 Å². The SMILES string of the molecule is CCOC(=O)c1c[nH]c(-c2cc(Cl)c(OCCCOC)cc2O)cc1=O.CCOC(=O)c1cn2c(cc1=O)-c1cc(Cl)c(OCCCOC)cc1OC2c1cccs1.COCCCOc1cc2c(cc1Cl)-c1cc(=O)c(C(=O)O)cn1[C@H](c1cccs1)O2.ClC(Cl)c1cccs1.O=Cc1cccs1. The molecule has 10 aromatic rings. The van der Waals surface area contributed by atoms with Crippen molar-refractivity contribution in [3.8, 4) is 68.3 Å². The van der Waals surface area contributed by atoms with Crippen LogP contribution in [0.1, 0.15) is 106 Å². The highest BCUT2D eigenvalue weighted by atomic mass is 35.5. The number of aromatic carboxylic acids is 1. The first kappa shape index (κ1) is 80.2. The molecule has 0 saturated carbocycles. The van der Waals surface area contributed by atoms with Gasteiger partial charge >= 0.3 is 17.9 Å². The van der Waals surface area contributed by atoms with Crippen LogP contribution in [0, 0.1) is 0 Å². The Morgan fingerprint density at radius 1 is 0.563 bits per heavy atom. The number of phenols is 1. The number of aromatic nitrogens is 3. The third-order valence-electron chi connectivity index (χ3n) is 14.5. The Labute approximate surface area is 631 Å². The first-order chi connectivity index (χ1) is 49.7. The van der Waals surface area contributed by atoms with E-state index in [1.54, 1.807) is 86.0 Å². The maximum Gasteiger partial charge on any atom is 0.343 e. The van der Waals surface area contributed by atoms with Gasteiger partial charge in [0.05, 0.1) is 79.8 Å². The van der Waals surface area contributed by atoms with Crippen molar-refractivity contribution in [2.75, 3.05) is 74.2 Å². The standard InChI is InChI=1S/C23H22ClNO6S.C21H18ClNO6S.C18H20ClNO6.C5H4Cl2S.C5H4OS/c1-3-29-23(27)15-13-25-17(11-18(15)26)14-10-16(24)20(30-8-5-7-28-2)12-19(14)31-22(25)21-6-4-9-32-21;1-27-5-3-6-28-18-10-17-12(8-14(18)22)15-9-16(24)13(21(25)26)11-23(15)20(29-17)19-4-2-7-30-19;1-3-25-18(23)12-10-20-14(8-15(12)21)11-7-13(19)17(9-16(11)22)26-6-4-5-24-2;6-5(7)4-2-1-3-8-4;6-4-5-2-1-3-7-5/h4,6,9-13,22H,3,5,7-8H2,1-2H3;2,4,7-11,20H,3,5-6H2,1H3,(H,25,26);7-10,22H,3-6H2,1-2H3,(H,20,21);1-3,5H;1-4H/t;20-;;;/m.0.../s1. The smallest absolute Gasteiger partial charge is 0.343 e. The van der Waals surface area contributed by atoms with Crippen molar-refractivity contribution in [3.05, 3.63) is 225 Å². The molecule has 103 heavy (non-hydrogen) atoms. The van der Waals surface area contributed by atoms with Gasteiger partial charge in [0.25, 0.3) is 0 Å². The molecule has 544 valence electrons. The molecule has 0 amide bonds. The topological polar surface area (TPSA) is 278 Å². The Hall–Kier alpha value is -8.48. The second kappa shape index (κ2) is 40.0. The van der Waals surface area contributed by atoms with Crippen molar-refractivity contribution in [3.63, 3.8) is 0 Å². The van der Waals surface area contributed by atoms with Crippen LogP contribution < -0.4 is 40.0 Å². The fraction of sp³-hybridized carbons (Fsp3) is 0.264. The number of aromatic hydroxyl groups is 1. The Kier molecular flexibility index (Phi) is 31.1. The summed E-state index contributed by atoms with van der Waals surface area (Å²) >= 11 is 36.1. The molecule has 3 aromatic carbocycles. The highest BCUT2D eigenvalue weighted by Gasteiger charge is 2.33. The number of esters is 2. The molecule has 0 aliphatic carbocycles. The Morgan fingerprint density at radius 2 is 1.00 bits per heavy atom. The number of pyridine rings is 3. The van der Waals surface area contributed by atoms with Crippen LogP contribution >= 0.6 is 103 Å². The molecule has 0 bridgehead atoms. The zero-order chi connectivity index (χ0) is 74.1. The molecule has 0 radical (unpaired) electrons. The Bertz CT molecular complexity index is 4640. The number of carbonyl (C=O) groups excluding carboxylic acids is 3. The predicted octanol–water partition coefficient (Wildman–Crippen LogP) is 16.8. The van der Waals surface area contributed by atoms with Crippen molar-refractivity contribution in [1.82, 2.24) is 14.1 Å². The second-order valence-corrected chi connectivity index (χ2v) is 27.7. The van der Waals surface area contributed by atoms with Crippen LogP contribution in [-0.2, 0) is 23.7 Å². The van der Waals surface area contributed by atoms with Gasteiger partial charge in [0.1, 0.15) is 56.0 Å². The molecule has 3 N–H and O–H groups in total. The molecule has 12 rings (SSSR count). The lowest BCUT2D eigenvalue weighted by Gasteiger charge is -2.31. The van der Waals surface area contributed by atoms with Crippen molar-refractivity contribution in [2.45, 2.75) is 50.4 Å². The number of hydrogen-bond acceptors (Lipinski definition) is 22. The van der Waals surface area contributed by atoms with Crippen LogP contribution in [0.3, 0.4) is 0 Å². The maximum absolute atomic E-state index is 12.7. The van der Waals surface area contributed by atoms with E-state index in [4.69, 9.17) is 105 Å². The molecule has 0 saturated heterocycles. The number of halogens is 5. The van der Waals surface area contributed by atoms with Crippen LogP contribution in [0.5, 0.6) is 34.5 Å². The summed E-state index contributed by atoms with van der Waals surface area (Å²) in [4.78, 5) is 88.7. The summed E-state index contributed by atoms with van der Waals surface area (Å²) in [6.07, 6.45) is 5.84. The first-order valence-corrected chi connectivity index (χ1v) is 36.9. The molecule has 2 aliphatic rings. The normalized spacial score (nSPS) is 12.7. The fourth-order valence-corrected chi connectivity index (χ4v) is 13.4. The van der Waals surface area contributed by atoms with E-state index in [0.717, 1.165) is 32.2 Å². The molecule has 7 aromatic heterocycles. The zero-order valence-electron chi connectivity index (χ0n) is 55.7. The predicted molar refractivity (Wildman–Crippen MR) is 401 cm³/mol. The van der Waals surface area contributed by atoms with Crippen LogP contribution in [0.4, 0.5) is 0 Å². The highest BCUT2D eigenvalue weighted by molar-refractivity contribution is 7.11. The summed E-state index contributed by atoms with van der Waals surface area (Å²) in [5.74, 6) is -0.447. The van der Waals surface area contributed by atoms with Crippen LogP contribution in [-0.4, -0.2) is 123 Å². The van der Waals surface area contributed by atoms with Gasteiger partial charge in [-0.25, -0.2) is 14.4 Å². The van der Waals surface area contributed by atoms with Gasteiger partial charge in [-0.1, -0.05) is 82.3 Å². The molecule has 0 fully saturated rings. The number of fused-ring (bicyclic) bond motifs is 6. The maximum atomic E-state index is 12.7. The number of nitrogens with one attached hydrogen (secondary N) is 1. The lowest BCUT2D eigenvalue weighted by Crippen LogP contribution is -2.27. The Morgan fingerprint density at radius 3 is 1.40 bits per heavy atom. The number of aromatic amines is 1. The summed E-state index contributed by atoms with van der Waals surface area (Å²) in [5.41, 5.74) is 0.960. The molecule has 2 aliphatic heterocycles. The Balaban J connectivity index is 0.000000178. The van der Waals surface area contributed by atoms with Gasteiger partial charge in [-0.15, -0.1) is 45.3 Å². The van der Waals surface area contributed by atoms with Gasteiger partial charge in [-0.05, 0) is 77.8 Å². The van der Waals surface area contributed by atoms with Gasteiger partial charge in [0.15, 0.2) is 22.6 Å². The second-order valence-electron chi connectivity index (χ2n) is 21.4. The van der Waals surface area contributed by atoms with E-state index in [1.807, 2.05) is 64.0 Å². The average molecular weight is 1580 g/mol. The lowest BCUT2D eigenvalue weighted by atomic mass is 10.1. The number of methoxy groups -OCH3 is 3. The van der Waals surface area contributed by atoms with E-state index in [2.05, 4.69) is 4.98 Å². The third kappa shape index (κ3) is 21.6. The number of hydrogen-bond donors (Lipinski definition) is 3. The summed E-state index contributed by atoms with van der Waals surface area (Å²) in [6.45, 7) is 6.66. The van der Waals surface area contributed by atoms with Crippen molar-refractivity contribution in [1.29, 1.82) is 0 Å². The summed E-state index contributed by atoms with van der Waals surface area (Å²) in [5, 5.41) is 28.3. The van der Waals surface area contributed by atoms with Gasteiger partial charge in [0.2, 0.25) is 12.5 Å². The van der Waals surface area contributed by atoms with Gasteiger partial charge < -0.3 is 71.7 Å². The third-order valence-corrected chi connectivity index (χ3v) is 19.6. The first-order valence-electron chi connectivity index (χ1n) is 31.3. The number of carboxylic acids is 1. The number of benzene rings is 3. The number of rotatable bonds is 25. The largest absolute Gasteiger partial charge is 0.507 e. The minimum Gasteiger partial charge on any atom is -0.507 e. The summed E-state index contributed by atoms with van der Waals surface area (Å²) in [6, 6.07) is 28.7. The van der Waals surface area contributed by atoms with E-state index < -0.39 is 46.7 Å². The number of ether oxygens (including phenoxy) is 10. The van der Waals surface area contributed by atoms with Crippen molar-refractivity contribution in [2.24, 2.45) is 0 Å². The van der Waals surface area contributed by atoms with Gasteiger partial charge in [0, 0.05) is 137 Å². The van der Waals surface area contributed by atoms with Crippen LogP contribution in [0.15, 0.2) is 158 Å². The van der Waals surface area contributed by atoms with E-state index in [9.17, 15) is 43.8 Å². The van der Waals surface area contributed by atoms with Gasteiger partial charge in [-0.3, -0.25) is 19.2 Å². The number of carbonyl (C=O) groups is 4. The van der Waals surface area contributed by atoms with E-state index in [1.165, 1.54) is 82.9 Å². The number of carboxylic acid groups (broad SMARTS) is 1. The molecule has 9 heterocycles. The number of nitrogens with zero attached hydrogens (tertiary/aromatic N) is 2. The fourth-order valence-electron chi connectivity index (χ4n) is 9.73. The average Bonchev–Trinajstić information content (AvgIpc) is 1.24. The molecule has 0 spiro atoms. The summed E-state index contributed by atoms with van der Waals surface area (Å²) in [7, 11) is 4.86. The molecular weight excluding hydrogens is 1520 g/mol. The minimum absolute atomic E-state index is 0.0478. The monoisotopic (exact) mass is 1580 g/mol.